The molecule has 0 saturated carbocycles. The number of aryl methyl sites for hydroxylation is 2. The van der Waals surface area contributed by atoms with Crippen molar-refractivity contribution in [3.8, 4) is 5.75 Å². The van der Waals surface area contributed by atoms with Gasteiger partial charge in [-0.1, -0.05) is 68.4 Å². The molecule has 0 aliphatic carbocycles. The Labute approximate surface area is 220 Å². The third-order valence-corrected chi connectivity index (χ3v) is 6.69. The molecule has 5 heteroatoms. The van der Waals surface area contributed by atoms with E-state index in [0.29, 0.717) is 19.1 Å². The number of carbonyl (C=O) groups excluding carboxylic acids is 1. The first kappa shape index (κ1) is 26.2. The number of hydrogen-bond donors (Lipinski definition) is 1. The predicted molar refractivity (Wildman–Crippen MR) is 152 cm³/mol. The van der Waals surface area contributed by atoms with Crippen molar-refractivity contribution in [1.82, 2.24) is 14.9 Å². The SMILES string of the molecule is CCC(C)c1ccc(OCCCn2c(CCCNC(=O)/C=C\c3ccccc3)nc3ccccc32)cc1. The first-order valence-corrected chi connectivity index (χ1v) is 13.3. The number of fused-ring (bicyclic) bond motifs is 1. The van der Waals surface area contributed by atoms with Crippen molar-refractivity contribution in [3.05, 3.63) is 102 Å². The van der Waals surface area contributed by atoms with Crippen LogP contribution < -0.4 is 10.1 Å². The Morgan fingerprint density at radius 1 is 1.00 bits per heavy atom. The molecule has 0 aliphatic rings. The molecule has 1 atom stereocenters. The number of benzene rings is 3. The Bertz CT molecular complexity index is 1290. The smallest absolute Gasteiger partial charge is 0.243 e. The Kier molecular flexibility index (Phi) is 9.53. The second-order valence-corrected chi connectivity index (χ2v) is 9.39. The fraction of sp³-hybridized carbons (Fsp3) is 0.312. The monoisotopic (exact) mass is 495 g/mol. The summed E-state index contributed by atoms with van der Waals surface area (Å²) in [6, 6.07) is 26.6. The van der Waals surface area contributed by atoms with Crippen molar-refractivity contribution in [1.29, 1.82) is 0 Å². The minimum Gasteiger partial charge on any atom is -0.494 e. The van der Waals surface area contributed by atoms with Gasteiger partial charge in [-0.05, 0) is 66.6 Å². The lowest BCUT2D eigenvalue weighted by Crippen LogP contribution is -2.22. The normalized spacial score (nSPS) is 12.2. The lowest BCUT2D eigenvalue weighted by molar-refractivity contribution is -0.116. The summed E-state index contributed by atoms with van der Waals surface area (Å²) in [5, 5.41) is 2.98. The number of imidazole rings is 1. The van der Waals surface area contributed by atoms with Crippen LogP contribution >= 0.6 is 0 Å². The molecule has 1 amide bonds. The van der Waals surface area contributed by atoms with Gasteiger partial charge in [0, 0.05) is 25.6 Å². The average Bonchev–Trinajstić information content (AvgIpc) is 3.30. The highest BCUT2D eigenvalue weighted by Crippen LogP contribution is 2.22. The van der Waals surface area contributed by atoms with Gasteiger partial charge in [-0.25, -0.2) is 4.98 Å². The van der Waals surface area contributed by atoms with Gasteiger partial charge < -0.3 is 14.6 Å². The zero-order valence-corrected chi connectivity index (χ0v) is 21.9. The van der Waals surface area contributed by atoms with Gasteiger partial charge in [-0.15, -0.1) is 0 Å². The second kappa shape index (κ2) is 13.4. The highest BCUT2D eigenvalue weighted by Gasteiger charge is 2.10. The molecule has 0 radical (unpaired) electrons. The van der Waals surface area contributed by atoms with E-state index in [4.69, 9.17) is 9.72 Å². The molecule has 1 aromatic heterocycles. The van der Waals surface area contributed by atoms with Crippen LogP contribution in [0.15, 0.2) is 84.9 Å². The molecular weight excluding hydrogens is 458 g/mol. The molecule has 0 fully saturated rings. The third kappa shape index (κ3) is 7.56. The summed E-state index contributed by atoms with van der Waals surface area (Å²) in [6.07, 6.45) is 7.07. The number of ether oxygens (including phenoxy) is 1. The molecule has 0 spiro atoms. The lowest BCUT2D eigenvalue weighted by Gasteiger charge is -2.12. The first-order chi connectivity index (χ1) is 18.1. The number of hydrogen-bond acceptors (Lipinski definition) is 3. The molecule has 0 aliphatic heterocycles. The number of carbonyl (C=O) groups is 1. The minimum absolute atomic E-state index is 0.0771. The van der Waals surface area contributed by atoms with E-state index in [1.807, 2.05) is 42.5 Å². The van der Waals surface area contributed by atoms with Crippen molar-refractivity contribution in [2.24, 2.45) is 0 Å². The van der Waals surface area contributed by atoms with Crippen molar-refractivity contribution < 1.29 is 9.53 Å². The number of para-hydroxylation sites is 2. The Morgan fingerprint density at radius 2 is 1.76 bits per heavy atom. The minimum atomic E-state index is -0.0771. The highest BCUT2D eigenvalue weighted by molar-refractivity contribution is 5.91. The van der Waals surface area contributed by atoms with Gasteiger partial charge in [-0.3, -0.25) is 4.79 Å². The van der Waals surface area contributed by atoms with Crippen LogP contribution in [-0.4, -0.2) is 28.6 Å². The molecule has 3 aromatic carbocycles. The van der Waals surface area contributed by atoms with Gasteiger partial charge in [0.2, 0.25) is 5.91 Å². The maximum Gasteiger partial charge on any atom is 0.243 e. The van der Waals surface area contributed by atoms with Crippen molar-refractivity contribution in [2.75, 3.05) is 13.2 Å². The molecule has 4 aromatic rings. The predicted octanol–water partition coefficient (Wildman–Crippen LogP) is 6.78. The fourth-order valence-corrected chi connectivity index (χ4v) is 4.36. The summed E-state index contributed by atoms with van der Waals surface area (Å²) < 4.78 is 8.31. The van der Waals surface area contributed by atoms with Gasteiger partial charge in [-0.2, -0.15) is 0 Å². The van der Waals surface area contributed by atoms with Crippen LogP contribution in [0.2, 0.25) is 0 Å². The highest BCUT2D eigenvalue weighted by atomic mass is 16.5. The number of aromatic nitrogens is 2. The zero-order valence-electron chi connectivity index (χ0n) is 21.9. The number of nitrogens with zero attached hydrogens (tertiary/aromatic N) is 2. The molecule has 1 heterocycles. The van der Waals surface area contributed by atoms with Crippen molar-refractivity contribution in [3.63, 3.8) is 0 Å². The van der Waals surface area contributed by atoms with Crippen molar-refractivity contribution >= 4 is 23.0 Å². The van der Waals surface area contributed by atoms with Crippen LogP contribution in [-0.2, 0) is 17.8 Å². The van der Waals surface area contributed by atoms with E-state index in [-0.39, 0.29) is 5.91 Å². The van der Waals surface area contributed by atoms with Gasteiger partial charge in [0.15, 0.2) is 0 Å². The third-order valence-electron chi connectivity index (χ3n) is 6.69. The van der Waals surface area contributed by atoms with Gasteiger partial charge >= 0.3 is 0 Å². The molecule has 0 saturated heterocycles. The first-order valence-electron chi connectivity index (χ1n) is 13.3. The van der Waals surface area contributed by atoms with E-state index in [9.17, 15) is 4.79 Å². The van der Waals surface area contributed by atoms with Crippen LogP contribution in [0.3, 0.4) is 0 Å². The summed E-state index contributed by atoms with van der Waals surface area (Å²) in [6.45, 7) is 6.56. The van der Waals surface area contributed by atoms with E-state index in [1.54, 1.807) is 6.08 Å². The van der Waals surface area contributed by atoms with Crippen LogP contribution in [0, 0.1) is 0 Å². The Hall–Kier alpha value is -3.86. The van der Waals surface area contributed by atoms with Crippen LogP contribution in [0.5, 0.6) is 5.75 Å². The molecule has 37 heavy (non-hydrogen) atoms. The number of rotatable bonds is 13. The van der Waals surface area contributed by atoms with Gasteiger partial charge in [0.1, 0.15) is 11.6 Å². The Morgan fingerprint density at radius 3 is 2.54 bits per heavy atom. The molecule has 1 N–H and O–H groups in total. The van der Waals surface area contributed by atoms with E-state index < -0.39 is 0 Å². The molecule has 4 rings (SSSR count). The van der Waals surface area contributed by atoms with E-state index in [0.717, 1.165) is 60.4 Å². The van der Waals surface area contributed by atoms with Crippen LogP contribution in [0.1, 0.15) is 56.0 Å². The van der Waals surface area contributed by atoms with Crippen molar-refractivity contribution in [2.45, 2.75) is 52.0 Å². The molecule has 192 valence electrons. The summed E-state index contributed by atoms with van der Waals surface area (Å²) in [4.78, 5) is 17.0. The second-order valence-electron chi connectivity index (χ2n) is 9.39. The summed E-state index contributed by atoms with van der Waals surface area (Å²) in [5.74, 6) is 2.46. The van der Waals surface area contributed by atoms with E-state index in [2.05, 4.69) is 66.2 Å². The molecule has 0 bridgehead atoms. The van der Waals surface area contributed by atoms with E-state index >= 15 is 0 Å². The quantitative estimate of drug-likeness (QED) is 0.164. The van der Waals surface area contributed by atoms with Gasteiger partial charge in [0.05, 0.1) is 17.6 Å². The van der Waals surface area contributed by atoms with Crippen LogP contribution in [0.4, 0.5) is 0 Å². The molecular formula is C32H37N3O2. The number of amides is 1. The standard InChI is InChI=1S/C32H37N3O2/c1-3-25(2)27-17-19-28(20-18-27)37-24-10-23-35-30-14-8-7-13-29(30)34-31(35)15-9-22-33-32(36)21-16-26-11-5-4-6-12-26/h4-8,11-14,16-21,25H,3,9-10,15,22-24H2,1-2H3,(H,33,36)/b21-16-. The molecule has 1 unspecified atom stereocenters. The number of nitrogens with one attached hydrogen (secondary N) is 1. The maximum atomic E-state index is 12.2. The lowest BCUT2D eigenvalue weighted by atomic mass is 9.99. The zero-order chi connectivity index (χ0) is 25.9. The topological polar surface area (TPSA) is 56.1 Å². The summed E-state index contributed by atoms with van der Waals surface area (Å²) in [5.41, 5.74) is 4.52. The summed E-state index contributed by atoms with van der Waals surface area (Å²) in [7, 11) is 0. The summed E-state index contributed by atoms with van der Waals surface area (Å²) >= 11 is 0. The van der Waals surface area contributed by atoms with Gasteiger partial charge in [0.25, 0.3) is 0 Å². The largest absolute Gasteiger partial charge is 0.494 e. The Balaban J connectivity index is 1.27. The maximum absolute atomic E-state index is 12.2. The van der Waals surface area contributed by atoms with Crippen LogP contribution in [0.25, 0.3) is 17.1 Å². The fourth-order valence-electron chi connectivity index (χ4n) is 4.36. The average molecular weight is 496 g/mol. The van der Waals surface area contributed by atoms with E-state index in [1.165, 1.54) is 5.56 Å². The molecule has 5 nitrogen and oxygen atoms in total.